The maximum absolute atomic E-state index is 13.0. The van der Waals surface area contributed by atoms with Gasteiger partial charge in [-0.25, -0.2) is 4.98 Å². The molecule has 4 rings (SSSR count). The summed E-state index contributed by atoms with van der Waals surface area (Å²) in [5.41, 5.74) is 3.49. The van der Waals surface area contributed by atoms with Gasteiger partial charge >= 0.3 is 0 Å². The molecule has 0 saturated heterocycles. The number of imidazole rings is 1. The molecule has 0 spiro atoms. The van der Waals surface area contributed by atoms with Crippen LogP contribution in [0.1, 0.15) is 27.0 Å². The third kappa shape index (κ3) is 5.23. The molecule has 1 radical (unpaired) electrons. The van der Waals surface area contributed by atoms with Crippen LogP contribution in [0.25, 0.3) is 0 Å². The van der Waals surface area contributed by atoms with E-state index in [-0.39, 0.29) is 5.91 Å². The van der Waals surface area contributed by atoms with Crippen molar-refractivity contribution >= 4 is 5.91 Å². The molecule has 0 aliphatic heterocycles. The molecule has 0 aliphatic rings. The lowest BCUT2D eigenvalue weighted by molar-refractivity contribution is 0.0949. The highest BCUT2D eigenvalue weighted by Gasteiger charge is 2.21. The molecular formula is C27H26N3O3. The molecule has 0 saturated carbocycles. The van der Waals surface area contributed by atoms with Crippen LogP contribution in [0.4, 0.5) is 0 Å². The Morgan fingerprint density at radius 1 is 0.909 bits per heavy atom. The van der Waals surface area contributed by atoms with Gasteiger partial charge in [0.05, 0.1) is 32.0 Å². The molecule has 1 N–H and O–H groups in total. The summed E-state index contributed by atoms with van der Waals surface area (Å²) in [7, 11) is 3.22. The normalized spacial score (nSPS) is 10.8. The summed E-state index contributed by atoms with van der Waals surface area (Å²) in [6, 6.07) is 23.8. The van der Waals surface area contributed by atoms with E-state index in [1.165, 1.54) is 0 Å². The van der Waals surface area contributed by atoms with E-state index in [4.69, 9.17) is 9.47 Å². The van der Waals surface area contributed by atoms with Gasteiger partial charge < -0.3 is 19.4 Å². The standard InChI is InChI=1S/C27H26N3O3/c1-32-23-11-8-21(9-12-23)26(20-6-4-3-5-7-20)22-10-13-25(33-2)24(18-22)27(31)29-15-17-30-16-14-28-19-30/h3-14,16,18-19H,15,17H2,1-2H3,(H,29,31). The summed E-state index contributed by atoms with van der Waals surface area (Å²) in [5.74, 6) is 2.16. The van der Waals surface area contributed by atoms with Gasteiger partial charge in [-0.1, -0.05) is 48.5 Å². The average molecular weight is 441 g/mol. The second-order valence-electron chi connectivity index (χ2n) is 7.44. The Bertz CT molecular complexity index is 1170. The van der Waals surface area contributed by atoms with Gasteiger partial charge in [0.15, 0.2) is 0 Å². The number of nitrogens with one attached hydrogen (secondary N) is 1. The highest BCUT2D eigenvalue weighted by atomic mass is 16.5. The number of aromatic nitrogens is 2. The van der Waals surface area contributed by atoms with Gasteiger partial charge in [-0.3, -0.25) is 4.79 Å². The predicted molar refractivity (Wildman–Crippen MR) is 128 cm³/mol. The van der Waals surface area contributed by atoms with Crippen molar-refractivity contribution in [3.8, 4) is 11.5 Å². The van der Waals surface area contributed by atoms with Crippen molar-refractivity contribution in [3.63, 3.8) is 0 Å². The molecule has 6 heteroatoms. The van der Waals surface area contributed by atoms with Crippen molar-refractivity contribution in [3.05, 3.63) is 120 Å². The lowest BCUT2D eigenvalue weighted by Gasteiger charge is -2.20. The van der Waals surface area contributed by atoms with Gasteiger partial charge in [-0.15, -0.1) is 0 Å². The first-order chi connectivity index (χ1) is 16.2. The molecule has 1 heterocycles. The van der Waals surface area contributed by atoms with Crippen LogP contribution in [0, 0.1) is 5.92 Å². The second-order valence-corrected chi connectivity index (χ2v) is 7.44. The molecule has 167 valence electrons. The number of carbonyl (C=O) groups excluding carboxylic acids is 1. The molecular weight excluding hydrogens is 414 g/mol. The van der Waals surface area contributed by atoms with Crippen LogP contribution in [0.2, 0.25) is 0 Å². The molecule has 0 fully saturated rings. The Balaban J connectivity index is 1.66. The van der Waals surface area contributed by atoms with Crippen LogP contribution in [-0.2, 0) is 6.54 Å². The van der Waals surface area contributed by atoms with E-state index in [0.717, 1.165) is 28.4 Å². The van der Waals surface area contributed by atoms with Crippen LogP contribution in [-0.4, -0.2) is 36.2 Å². The highest BCUT2D eigenvalue weighted by molar-refractivity contribution is 5.97. The van der Waals surface area contributed by atoms with Crippen molar-refractivity contribution in [2.75, 3.05) is 20.8 Å². The molecule has 33 heavy (non-hydrogen) atoms. The van der Waals surface area contributed by atoms with E-state index < -0.39 is 0 Å². The largest absolute Gasteiger partial charge is 0.497 e. The molecule has 3 aromatic carbocycles. The number of rotatable bonds is 9. The maximum Gasteiger partial charge on any atom is 0.255 e. The Morgan fingerprint density at radius 2 is 1.64 bits per heavy atom. The van der Waals surface area contributed by atoms with Crippen LogP contribution < -0.4 is 14.8 Å². The number of methoxy groups -OCH3 is 2. The summed E-state index contributed by atoms with van der Waals surface area (Å²) in [6.07, 6.45) is 5.31. The number of hydrogen-bond donors (Lipinski definition) is 1. The third-order valence-corrected chi connectivity index (χ3v) is 5.39. The third-order valence-electron chi connectivity index (χ3n) is 5.39. The lowest BCUT2D eigenvalue weighted by atomic mass is 9.84. The average Bonchev–Trinajstić information content (AvgIpc) is 3.39. The van der Waals surface area contributed by atoms with Gasteiger partial charge in [-0.05, 0) is 41.0 Å². The number of nitrogens with zero attached hydrogens (tertiary/aromatic N) is 2. The molecule has 0 atom stereocenters. The Labute approximate surface area is 193 Å². The molecule has 0 aliphatic carbocycles. The quantitative estimate of drug-likeness (QED) is 0.393. The van der Waals surface area contributed by atoms with Gasteiger partial charge in [0.2, 0.25) is 0 Å². The van der Waals surface area contributed by atoms with Gasteiger partial charge in [0, 0.05) is 25.5 Å². The van der Waals surface area contributed by atoms with E-state index in [0.29, 0.717) is 24.4 Å². The topological polar surface area (TPSA) is 65.4 Å². The van der Waals surface area contributed by atoms with Crippen molar-refractivity contribution in [2.24, 2.45) is 0 Å². The predicted octanol–water partition coefficient (Wildman–Crippen LogP) is 4.35. The Kier molecular flexibility index (Phi) is 7.05. The molecule has 1 amide bonds. The zero-order valence-electron chi connectivity index (χ0n) is 18.7. The first-order valence-electron chi connectivity index (χ1n) is 10.7. The molecule has 6 nitrogen and oxygen atoms in total. The van der Waals surface area contributed by atoms with Crippen LogP contribution in [0.15, 0.2) is 91.5 Å². The summed E-state index contributed by atoms with van der Waals surface area (Å²) >= 11 is 0. The van der Waals surface area contributed by atoms with Crippen LogP contribution in [0.5, 0.6) is 11.5 Å². The van der Waals surface area contributed by atoms with E-state index in [1.807, 2.05) is 71.4 Å². The Morgan fingerprint density at radius 3 is 2.30 bits per heavy atom. The van der Waals surface area contributed by atoms with E-state index >= 15 is 0 Å². The first-order valence-corrected chi connectivity index (χ1v) is 10.7. The molecule has 1 aromatic heterocycles. The SMILES string of the molecule is COc1ccc([C](c2ccccc2)c2ccc(OC)c(C(=O)NCCn3ccnc3)c2)cc1. The fourth-order valence-electron chi connectivity index (χ4n) is 3.72. The van der Waals surface area contributed by atoms with Crippen LogP contribution >= 0.6 is 0 Å². The number of amides is 1. The fraction of sp³-hybridized carbons (Fsp3) is 0.148. The van der Waals surface area contributed by atoms with Crippen molar-refractivity contribution in [1.29, 1.82) is 0 Å². The minimum Gasteiger partial charge on any atom is -0.497 e. The number of carbonyl (C=O) groups is 1. The fourth-order valence-corrected chi connectivity index (χ4v) is 3.72. The second kappa shape index (κ2) is 10.5. The van der Waals surface area contributed by atoms with E-state index in [9.17, 15) is 4.79 Å². The first kappa shape index (κ1) is 22.1. The lowest BCUT2D eigenvalue weighted by Crippen LogP contribution is -2.27. The molecule has 4 aromatic rings. The smallest absolute Gasteiger partial charge is 0.255 e. The van der Waals surface area contributed by atoms with Crippen LogP contribution in [0.3, 0.4) is 0 Å². The number of benzene rings is 3. The minimum atomic E-state index is -0.184. The zero-order chi connectivity index (χ0) is 23.0. The van der Waals surface area contributed by atoms with Crippen molar-refractivity contribution in [2.45, 2.75) is 6.54 Å². The summed E-state index contributed by atoms with van der Waals surface area (Å²) in [6.45, 7) is 1.12. The molecule has 0 bridgehead atoms. The van der Waals surface area contributed by atoms with Crippen molar-refractivity contribution in [1.82, 2.24) is 14.9 Å². The monoisotopic (exact) mass is 440 g/mol. The van der Waals surface area contributed by atoms with Gasteiger partial charge in [0.1, 0.15) is 11.5 Å². The Hall–Kier alpha value is -4.06. The van der Waals surface area contributed by atoms with Gasteiger partial charge in [0.25, 0.3) is 5.91 Å². The van der Waals surface area contributed by atoms with E-state index in [2.05, 4.69) is 22.4 Å². The molecule has 0 unspecified atom stereocenters. The minimum absolute atomic E-state index is 0.184. The highest BCUT2D eigenvalue weighted by Crippen LogP contribution is 2.34. The van der Waals surface area contributed by atoms with Gasteiger partial charge in [-0.2, -0.15) is 0 Å². The maximum atomic E-state index is 13.0. The summed E-state index contributed by atoms with van der Waals surface area (Å²) < 4.78 is 12.7. The van der Waals surface area contributed by atoms with Crippen molar-refractivity contribution < 1.29 is 14.3 Å². The number of hydrogen-bond acceptors (Lipinski definition) is 4. The number of ether oxygens (including phenoxy) is 2. The zero-order valence-corrected chi connectivity index (χ0v) is 18.7. The van der Waals surface area contributed by atoms with E-state index in [1.54, 1.807) is 26.7 Å². The summed E-state index contributed by atoms with van der Waals surface area (Å²) in [5, 5.41) is 2.98. The summed E-state index contributed by atoms with van der Waals surface area (Å²) in [4.78, 5) is 17.1.